The third-order valence-corrected chi connectivity index (χ3v) is 4.68. The lowest BCUT2D eigenvalue weighted by Gasteiger charge is -2.32. The first-order valence-corrected chi connectivity index (χ1v) is 8.39. The van der Waals surface area contributed by atoms with Gasteiger partial charge in [-0.15, -0.1) is 0 Å². The average Bonchev–Trinajstić information content (AvgIpc) is 2.21. The van der Waals surface area contributed by atoms with Crippen molar-refractivity contribution in [2.75, 3.05) is 18.8 Å². The zero-order chi connectivity index (χ0) is 12.7. The van der Waals surface area contributed by atoms with Gasteiger partial charge in [0, 0.05) is 6.04 Å². The van der Waals surface area contributed by atoms with Crippen molar-refractivity contribution in [1.82, 2.24) is 10.0 Å². The minimum atomic E-state index is -3.04. The fourth-order valence-electron chi connectivity index (χ4n) is 2.16. The standard InChI is InChI=1S/C12H26N2O2S/c1-3-6-13-7-4-5-8-17(15,16)14-12-9-11(2)10-12/h11-14H,3-10H2,1-2H3. The molecule has 1 rings (SSSR count). The van der Waals surface area contributed by atoms with Crippen LogP contribution in [-0.2, 0) is 10.0 Å². The molecule has 0 radical (unpaired) electrons. The molecule has 0 aromatic carbocycles. The molecule has 1 saturated carbocycles. The van der Waals surface area contributed by atoms with Crippen LogP contribution in [0.5, 0.6) is 0 Å². The zero-order valence-electron chi connectivity index (χ0n) is 11.0. The van der Waals surface area contributed by atoms with Crippen molar-refractivity contribution in [2.24, 2.45) is 5.92 Å². The van der Waals surface area contributed by atoms with Crippen LogP contribution in [0.1, 0.15) is 46.0 Å². The zero-order valence-corrected chi connectivity index (χ0v) is 11.9. The van der Waals surface area contributed by atoms with Crippen LogP contribution < -0.4 is 10.0 Å². The van der Waals surface area contributed by atoms with Crippen molar-refractivity contribution in [1.29, 1.82) is 0 Å². The highest BCUT2D eigenvalue weighted by atomic mass is 32.2. The van der Waals surface area contributed by atoms with Gasteiger partial charge in [0.2, 0.25) is 10.0 Å². The number of hydrogen-bond donors (Lipinski definition) is 2. The quantitative estimate of drug-likeness (QED) is 0.619. The summed E-state index contributed by atoms with van der Waals surface area (Å²) in [6, 6.07) is 0.202. The molecular weight excluding hydrogens is 236 g/mol. The Labute approximate surface area is 106 Å². The highest BCUT2D eigenvalue weighted by Gasteiger charge is 2.28. The largest absolute Gasteiger partial charge is 0.317 e. The Bertz CT molecular complexity index is 298. The molecule has 0 spiro atoms. The number of rotatable bonds is 9. The van der Waals surface area contributed by atoms with Crippen molar-refractivity contribution in [3.63, 3.8) is 0 Å². The van der Waals surface area contributed by atoms with Crippen molar-refractivity contribution >= 4 is 10.0 Å². The average molecular weight is 262 g/mol. The Morgan fingerprint density at radius 3 is 2.47 bits per heavy atom. The molecule has 2 N–H and O–H groups in total. The summed E-state index contributed by atoms with van der Waals surface area (Å²) >= 11 is 0. The second kappa shape index (κ2) is 7.34. The summed E-state index contributed by atoms with van der Waals surface area (Å²) in [6.07, 6.45) is 4.80. The van der Waals surface area contributed by atoms with E-state index in [1.54, 1.807) is 0 Å². The predicted molar refractivity (Wildman–Crippen MR) is 71.5 cm³/mol. The van der Waals surface area contributed by atoms with Gasteiger partial charge in [0.15, 0.2) is 0 Å². The molecule has 17 heavy (non-hydrogen) atoms. The maximum atomic E-state index is 11.7. The molecule has 0 unspecified atom stereocenters. The molecule has 5 heteroatoms. The summed E-state index contributed by atoms with van der Waals surface area (Å²) in [7, 11) is -3.04. The van der Waals surface area contributed by atoms with Crippen molar-refractivity contribution < 1.29 is 8.42 Å². The Kier molecular flexibility index (Phi) is 6.44. The monoisotopic (exact) mass is 262 g/mol. The van der Waals surface area contributed by atoms with Gasteiger partial charge in [0.25, 0.3) is 0 Å². The van der Waals surface area contributed by atoms with Gasteiger partial charge < -0.3 is 5.32 Å². The summed E-state index contributed by atoms with van der Waals surface area (Å²) in [5.74, 6) is 0.951. The van der Waals surface area contributed by atoms with Crippen molar-refractivity contribution in [3.8, 4) is 0 Å². The normalized spacial score (nSPS) is 24.6. The molecule has 0 saturated heterocycles. The number of sulfonamides is 1. The lowest BCUT2D eigenvalue weighted by atomic mass is 9.83. The van der Waals surface area contributed by atoms with Crippen LogP contribution >= 0.6 is 0 Å². The van der Waals surface area contributed by atoms with E-state index in [1.165, 1.54) is 0 Å². The van der Waals surface area contributed by atoms with E-state index in [4.69, 9.17) is 0 Å². The predicted octanol–water partition coefficient (Wildman–Crippen LogP) is 1.48. The minimum absolute atomic E-state index is 0.202. The number of nitrogens with one attached hydrogen (secondary N) is 2. The van der Waals surface area contributed by atoms with Crippen LogP contribution in [-0.4, -0.2) is 33.3 Å². The molecule has 0 heterocycles. The number of unbranched alkanes of at least 4 members (excludes halogenated alkanes) is 1. The van der Waals surface area contributed by atoms with E-state index in [2.05, 4.69) is 23.9 Å². The van der Waals surface area contributed by atoms with E-state index >= 15 is 0 Å². The van der Waals surface area contributed by atoms with Gasteiger partial charge in [-0.3, -0.25) is 0 Å². The Hall–Kier alpha value is -0.130. The van der Waals surface area contributed by atoms with Gasteiger partial charge in [-0.25, -0.2) is 13.1 Å². The highest BCUT2D eigenvalue weighted by Crippen LogP contribution is 2.26. The molecule has 0 amide bonds. The van der Waals surface area contributed by atoms with E-state index in [0.717, 1.165) is 45.2 Å². The lowest BCUT2D eigenvalue weighted by molar-refractivity contribution is 0.270. The van der Waals surface area contributed by atoms with Gasteiger partial charge >= 0.3 is 0 Å². The van der Waals surface area contributed by atoms with Crippen LogP contribution in [0, 0.1) is 5.92 Å². The Morgan fingerprint density at radius 1 is 1.18 bits per heavy atom. The van der Waals surface area contributed by atoms with Crippen molar-refractivity contribution in [2.45, 2.75) is 52.0 Å². The smallest absolute Gasteiger partial charge is 0.211 e. The summed E-state index contributed by atoms with van der Waals surface area (Å²) in [6.45, 7) is 6.22. The summed E-state index contributed by atoms with van der Waals surface area (Å²) in [4.78, 5) is 0. The maximum absolute atomic E-state index is 11.7. The van der Waals surface area contributed by atoms with Crippen LogP contribution in [0.3, 0.4) is 0 Å². The maximum Gasteiger partial charge on any atom is 0.211 e. The lowest BCUT2D eigenvalue weighted by Crippen LogP contribution is -2.44. The molecular formula is C12H26N2O2S. The first kappa shape index (κ1) is 14.9. The van der Waals surface area contributed by atoms with Crippen LogP contribution in [0.4, 0.5) is 0 Å². The molecule has 1 fully saturated rings. The van der Waals surface area contributed by atoms with E-state index < -0.39 is 10.0 Å². The molecule has 0 aliphatic heterocycles. The van der Waals surface area contributed by atoms with Gasteiger partial charge in [-0.1, -0.05) is 13.8 Å². The van der Waals surface area contributed by atoms with E-state index in [9.17, 15) is 8.42 Å². The van der Waals surface area contributed by atoms with Crippen LogP contribution in [0.15, 0.2) is 0 Å². The van der Waals surface area contributed by atoms with E-state index in [0.29, 0.717) is 5.92 Å². The van der Waals surface area contributed by atoms with Gasteiger partial charge in [0.05, 0.1) is 5.75 Å². The van der Waals surface area contributed by atoms with Gasteiger partial charge in [-0.2, -0.15) is 0 Å². The van der Waals surface area contributed by atoms with Crippen molar-refractivity contribution in [3.05, 3.63) is 0 Å². The van der Waals surface area contributed by atoms with Crippen LogP contribution in [0.25, 0.3) is 0 Å². The fraction of sp³-hybridized carbons (Fsp3) is 1.00. The second-order valence-electron chi connectivity index (χ2n) is 5.17. The molecule has 1 aliphatic rings. The molecule has 102 valence electrons. The molecule has 0 atom stereocenters. The SMILES string of the molecule is CCCNCCCCS(=O)(=O)NC1CC(C)C1. The Morgan fingerprint density at radius 2 is 1.88 bits per heavy atom. The summed E-state index contributed by atoms with van der Waals surface area (Å²) in [5.41, 5.74) is 0. The number of hydrogen-bond acceptors (Lipinski definition) is 3. The third kappa shape index (κ3) is 6.38. The molecule has 0 aromatic rings. The molecule has 1 aliphatic carbocycles. The summed E-state index contributed by atoms with van der Waals surface area (Å²) < 4.78 is 26.2. The first-order chi connectivity index (χ1) is 8.03. The summed E-state index contributed by atoms with van der Waals surface area (Å²) in [5, 5.41) is 3.27. The van der Waals surface area contributed by atoms with Gasteiger partial charge in [0.1, 0.15) is 0 Å². The molecule has 4 nitrogen and oxygen atoms in total. The van der Waals surface area contributed by atoms with E-state index in [-0.39, 0.29) is 11.8 Å². The molecule has 0 aromatic heterocycles. The minimum Gasteiger partial charge on any atom is -0.317 e. The van der Waals surface area contributed by atoms with E-state index in [1.807, 2.05) is 0 Å². The topological polar surface area (TPSA) is 58.2 Å². The fourth-order valence-corrected chi connectivity index (χ4v) is 3.56. The first-order valence-electron chi connectivity index (χ1n) is 6.74. The van der Waals surface area contributed by atoms with Gasteiger partial charge in [-0.05, 0) is 51.1 Å². The molecule has 0 bridgehead atoms. The highest BCUT2D eigenvalue weighted by molar-refractivity contribution is 7.89. The second-order valence-corrected chi connectivity index (χ2v) is 7.04. The third-order valence-electron chi connectivity index (χ3n) is 3.16. The Balaban J connectivity index is 2.04. The van der Waals surface area contributed by atoms with Crippen LogP contribution in [0.2, 0.25) is 0 Å².